The highest BCUT2D eigenvalue weighted by Crippen LogP contribution is 2.15. The predicted molar refractivity (Wildman–Crippen MR) is 109 cm³/mol. The second kappa shape index (κ2) is 11.0. The molecule has 2 rings (SSSR count). The topological polar surface area (TPSA) is 101 Å². The number of nitrogens with zero attached hydrogens (tertiary/aromatic N) is 2. The molecule has 1 aromatic heterocycles. The Hall–Kier alpha value is -3.03. The van der Waals surface area contributed by atoms with Crippen molar-refractivity contribution in [1.82, 2.24) is 21.1 Å². The molecule has 0 saturated heterocycles. The van der Waals surface area contributed by atoms with E-state index in [1.54, 1.807) is 38.4 Å². The molecule has 2 aromatic rings. The molecule has 0 radical (unpaired) electrons. The average Bonchev–Trinajstić information content (AvgIpc) is 3.15. The van der Waals surface area contributed by atoms with Gasteiger partial charge in [-0.3, -0.25) is 9.79 Å². The fourth-order valence-electron chi connectivity index (χ4n) is 2.75. The van der Waals surface area contributed by atoms with E-state index in [0.717, 1.165) is 29.9 Å². The fourth-order valence-corrected chi connectivity index (χ4v) is 2.75. The van der Waals surface area contributed by atoms with Gasteiger partial charge in [0.25, 0.3) is 5.91 Å². The number of aliphatic imine (C=N–C) groups is 1. The van der Waals surface area contributed by atoms with Gasteiger partial charge in [0.05, 0.1) is 12.8 Å². The molecule has 3 N–H and O–H groups in total. The van der Waals surface area contributed by atoms with Crippen molar-refractivity contribution in [3.8, 4) is 5.75 Å². The van der Waals surface area contributed by atoms with E-state index in [2.05, 4.69) is 33.0 Å². The van der Waals surface area contributed by atoms with Crippen LogP contribution in [0.4, 0.5) is 0 Å². The molecule has 8 nitrogen and oxygen atoms in total. The maximum Gasteiger partial charge on any atom is 0.251 e. The number of benzene rings is 1. The first kappa shape index (κ1) is 21.3. The number of nitrogens with one attached hydrogen (secondary N) is 3. The molecule has 152 valence electrons. The van der Waals surface area contributed by atoms with E-state index >= 15 is 0 Å². The van der Waals surface area contributed by atoms with Crippen LogP contribution in [0.25, 0.3) is 0 Å². The Kier molecular flexibility index (Phi) is 8.33. The normalized spacial score (nSPS) is 11.2. The van der Waals surface area contributed by atoms with Crippen LogP contribution in [-0.2, 0) is 19.4 Å². The second-order valence-corrected chi connectivity index (χ2v) is 6.08. The minimum Gasteiger partial charge on any atom is -0.497 e. The quantitative estimate of drug-likeness (QED) is 0.345. The van der Waals surface area contributed by atoms with E-state index in [1.807, 2.05) is 6.92 Å². The van der Waals surface area contributed by atoms with Crippen molar-refractivity contribution in [2.24, 2.45) is 4.99 Å². The first-order valence-corrected chi connectivity index (χ1v) is 9.45. The summed E-state index contributed by atoms with van der Waals surface area (Å²) in [6, 6.07) is 7.05. The first-order valence-electron chi connectivity index (χ1n) is 9.45. The maximum atomic E-state index is 12.2. The van der Waals surface area contributed by atoms with Gasteiger partial charge in [-0.2, -0.15) is 0 Å². The molecular formula is C20H29N5O3. The number of methoxy groups -OCH3 is 1. The molecule has 0 aliphatic carbocycles. The van der Waals surface area contributed by atoms with Gasteiger partial charge in [0, 0.05) is 44.2 Å². The first-order chi connectivity index (χ1) is 13.6. The van der Waals surface area contributed by atoms with Gasteiger partial charge in [0.1, 0.15) is 11.5 Å². The molecule has 0 unspecified atom stereocenters. The average molecular weight is 387 g/mol. The van der Waals surface area contributed by atoms with Crippen molar-refractivity contribution in [1.29, 1.82) is 0 Å². The monoisotopic (exact) mass is 387 g/mol. The summed E-state index contributed by atoms with van der Waals surface area (Å²) in [6.07, 6.45) is 1.62. The summed E-state index contributed by atoms with van der Waals surface area (Å²) < 4.78 is 10.5. The fraction of sp³-hybridized carbons (Fsp3) is 0.450. The lowest BCUT2D eigenvalue weighted by Gasteiger charge is -2.13. The van der Waals surface area contributed by atoms with Crippen LogP contribution >= 0.6 is 0 Å². The third-order valence-electron chi connectivity index (χ3n) is 4.30. The van der Waals surface area contributed by atoms with Gasteiger partial charge in [-0.05, 0) is 24.6 Å². The third kappa shape index (κ3) is 5.73. The molecule has 1 aromatic carbocycles. The molecule has 0 aliphatic rings. The zero-order chi connectivity index (χ0) is 20.4. The number of rotatable bonds is 9. The summed E-state index contributed by atoms with van der Waals surface area (Å²) in [4.78, 5) is 16.4. The van der Waals surface area contributed by atoms with Crippen molar-refractivity contribution in [3.05, 3.63) is 46.8 Å². The van der Waals surface area contributed by atoms with Crippen LogP contribution in [0.5, 0.6) is 5.75 Å². The Balaban J connectivity index is 1.78. The van der Waals surface area contributed by atoms with Crippen LogP contribution in [0.1, 0.15) is 41.2 Å². The number of hydrogen-bond acceptors (Lipinski definition) is 5. The molecule has 1 amide bonds. The number of guanidine groups is 1. The van der Waals surface area contributed by atoms with Crippen molar-refractivity contribution < 1.29 is 14.1 Å². The van der Waals surface area contributed by atoms with Gasteiger partial charge in [0.2, 0.25) is 0 Å². The van der Waals surface area contributed by atoms with Crippen molar-refractivity contribution in [3.63, 3.8) is 0 Å². The van der Waals surface area contributed by atoms with E-state index in [-0.39, 0.29) is 5.91 Å². The van der Waals surface area contributed by atoms with Crippen molar-refractivity contribution >= 4 is 11.9 Å². The van der Waals surface area contributed by atoms with E-state index < -0.39 is 0 Å². The molecule has 0 bridgehead atoms. The van der Waals surface area contributed by atoms with Crippen LogP contribution in [0.3, 0.4) is 0 Å². The van der Waals surface area contributed by atoms with E-state index in [4.69, 9.17) is 9.26 Å². The van der Waals surface area contributed by atoms with Gasteiger partial charge < -0.3 is 25.2 Å². The molecule has 0 saturated carbocycles. The Morgan fingerprint density at radius 1 is 1.18 bits per heavy atom. The second-order valence-electron chi connectivity index (χ2n) is 6.08. The van der Waals surface area contributed by atoms with E-state index in [1.165, 1.54) is 0 Å². The Labute approximate surface area is 165 Å². The SMILES string of the molecule is CCc1noc(CC)c1CNC(=NC)NCCNC(=O)c1cccc(OC)c1. The Morgan fingerprint density at radius 3 is 2.64 bits per heavy atom. The minimum atomic E-state index is -0.145. The lowest BCUT2D eigenvalue weighted by Crippen LogP contribution is -2.41. The summed E-state index contributed by atoms with van der Waals surface area (Å²) in [5.74, 6) is 2.06. The molecule has 0 atom stereocenters. The Bertz CT molecular complexity index is 779. The standard InChI is InChI=1S/C20H29N5O3/c1-5-17-16(18(6-2)28-25-17)13-24-20(21-3)23-11-10-22-19(26)14-8-7-9-15(12-14)27-4/h7-9,12H,5-6,10-11,13H2,1-4H3,(H,22,26)(H2,21,23,24). The number of amides is 1. The lowest BCUT2D eigenvalue weighted by atomic mass is 10.1. The molecule has 28 heavy (non-hydrogen) atoms. The molecule has 0 fully saturated rings. The smallest absolute Gasteiger partial charge is 0.251 e. The lowest BCUT2D eigenvalue weighted by molar-refractivity contribution is 0.0954. The highest BCUT2D eigenvalue weighted by Gasteiger charge is 2.13. The number of ether oxygens (including phenoxy) is 1. The van der Waals surface area contributed by atoms with Gasteiger partial charge in [-0.25, -0.2) is 0 Å². The van der Waals surface area contributed by atoms with Gasteiger partial charge in [-0.1, -0.05) is 25.1 Å². The molecular weight excluding hydrogens is 358 g/mol. The van der Waals surface area contributed by atoms with Crippen LogP contribution in [0, 0.1) is 0 Å². The van der Waals surface area contributed by atoms with Gasteiger partial charge in [-0.15, -0.1) is 0 Å². The van der Waals surface area contributed by atoms with Crippen LogP contribution in [0.2, 0.25) is 0 Å². The predicted octanol–water partition coefficient (Wildman–Crippen LogP) is 1.90. The summed E-state index contributed by atoms with van der Waals surface area (Å²) in [7, 11) is 3.28. The van der Waals surface area contributed by atoms with Crippen LogP contribution < -0.4 is 20.7 Å². The zero-order valence-electron chi connectivity index (χ0n) is 17.0. The summed E-state index contributed by atoms with van der Waals surface area (Å²) in [6.45, 7) is 5.69. The molecule has 8 heteroatoms. The third-order valence-corrected chi connectivity index (χ3v) is 4.30. The van der Waals surface area contributed by atoms with E-state index in [9.17, 15) is 4.79 Å². The summed E-state index contributed by atoms with van der Waals surface area (Å²) in [5.41, 5.74) is 2.61. The zero-order valence-corrected chi connectivity index (χ0v) is 17.0. The number of hydrogen-bond donors (Lipinski definition) is 3. The largest absolute Gasteiger partial charge is 0.497 e. The number of carbonyl (C=O) groups is 1. The number of aryl methyl sites for hydroxylation is 2. The highest BCUT2D eigenvalue weighted by molar-refractivity contribution is 5.94. The van der Waals surface area contributed by atoms with Gasteiger partial charge >= 0.3 is 0 Å². The molecule has 1 heterocycles. The number of aromatic nitrogens is 1. The number of carbonyl (C=O) groups excluding carboxylic acids is 1. The van der Waals surface area contributed by atoms with Crippen molar-refractivity contribution in [2.45, 2.75) is 33.2 Å². The van der Waals surface area contributed by atoms with Gasteiger partial charge in [0.15, 0.2) is 5.96 Å². The summed E-state index contributed by atoms with van der Waals surface area (Å²) in [5, 5.41) is 13.4. The minimum absolute atomic E-state index is 0.145. The van der Waals surface area contributed by atoms with Crippen LogP contribution in [-0.4, -0.2) is 44.3 Å². The van der Waals surface area contributed by atoms with Crippen LogP contribution in [0.15, 0.2) is 33.8 Å². The molecule has 0 aliphatic heterocycles. The van der Waals surface area contributed by atoms with Crippen molar-refractivity contribution in [2.75, 3.05) is 27.2 Å². The highest BCUT2D eigenvalue weighted by atomic mass is 16.5. The Morgan fingerprint density at radius 2 is 1.96 bits per heavy atom. The maximum absolute atomic E-state index is 12.2. The molecule has 0 spiro atoms. The summed E-state index contributed by atoms with van der Waals surface area (Å²) >= 11 is 0. The van der Waals surface area contributed by atoms with E-state index in [0.29, 0.717) is 36.9 Å².